The van der Waals surface area contributed by atoms with E-state index in [9.17, 15) is 4.53 Å². The van der Waals surface area contributed by atoms with Crippen LogP contribution in [0.15, 0.2) is 0 Å². The summed E-state index contributed by atoms with van der Waals surface area (Å²) >= 11 is 0. The van der Waals surface area contributed by atoms with E-state index in [1.54, 1.807) is 5.09 Å². The van der Waals surface area contributed by atoms with E-state index in [2.05, 4.69) is 0 Å². The molecule has 0 radical (unpaired) electrons. The van der Waals surface area contributed by atoms with Gasteiger partial charge in [0.25, 0.3) is 0 Å². The quantitative estimate of drug-likeness (QED) is 0.229. The lowest BCUT2D eigenvalue weighted by Crippen LogP contribution is -1.46. The molecular weight excluding hydrogens is 79.1 g/mol. The Morgan fingerprint density at radius 2 is 1.75 bits per heavy atom. The molecule has 4 heavy (non-hydrogen) atoms. The lowest BCUT2D eigenvalue weighted by molar-refractivity contribution is -0.397. The third kappa shape index (κ3) is 526. The minimum Gasteiger partial charge on any atom is -0.217 e. The van der Waals surface area contributed by atoms with E-state index in [1.807, 2.05) is 0 Å². The largest absolute Gasteiger partial charge is 0.217 e. The average molecular weight is 84.1 g/mol. The molecule has 0 aliphatic heterocycles. The summed E-state index contributed by atoms with van der Waals surface area (Å²) in [4.78, 5) is 0. The fraction of sp³-hybridized carbons (Fsp3) is 0. The van der Waals surface area contributed by atoms with Crippen molar-refractivity contribution in [2.24, 2.45) is 0 Å². The highest BCUT2D eigenvalue weighted by Crippen LogP contribution is 1.46. The predicted molar refractivity (Wildman–Crippen MR) is 16.2 cm³/mol. The first-order valence-corrected chi connectivity index (χ1v) is 0.337. The Balaban J connectivity index is 0. The molecule has 0 saturated carbocycles. The van der Waals surface area contributed by atoms with Gasteiger partial charge in [0.2, 0.25) is 0 Å². The summed E-state index contributed by atoms with van der Waals surface area (Å²) in [5.41, 5.74) is 0. The monoisotopic (exact) mass is 84.0 g/mol. The van der Waals surface area contributed by atoms with Crippen LogP contribution in [0.3, 0.4) is 0 Å². The molecule has 0 rings (SSSR count). The molecule has 2 nitrogen and oxygen atoms in total. The maximum absolute atomic E-state index is 9.35. The topological polar surface area (TPSA) is 29.5 Å². The summed E-state index contributed by atoms with van der Waals surface area (Å²) in [7, 11) is 0. The van der Waals surface area contributed by atoms with Crippen molar-refractivity contribution in [1.82, 2.24) is 0 Å². The van der Waals surface area contributed by atoms with Gasteiger partial charge in [0.05, 0.1) is 0 Å². The van der Waals surface area contributed by atoms with Crippen LogP contribution in [-0.2, 0) is 5.09 Å². The third-order valence-corrected chi connectivity index (χ3v) is 0. The van der Waals surface area contributed by atoms with E-state index in [0.29, 0.717) is 0 Å². The molecule has 0 spiro atoms. The molecule has 0 atom stereocenters. The van der Waals surface area contributed by atoms with E-state index in [1.165, 1.54) is 0 Å². The fourth-order valence-corrected chi connectivity index (χ4v) is 0. The molecule has 0 bridgehead atoms. The van der Waals surface area contributed by atoms with Crippen molar-refractivity contribution in [2.45, 2.75) is 0 Å². The first-order valence-electron chi connectivity index (χ1n) is 0.337. The molecule has 0 aliphatic rings. The molecule has 1 N–H and O–H groups in total. The number of rotatable bonds is 0. The SMILES string of the molecule is OOF.[SiH4]. The van der Waals surface area contributed by atoms with Crippen molar-refractivity contribution < 1.29 is 14.9 Å². The van der Waals surface area contributed by atoms with Crippen molar-refractivity contribution in [3.05, 3.63) is 0 Å². The molecule has 28 valence electrons. The van der Waals surface area contributed by atoms with Gasteiger partial charge in [-0.1, -0.05) is 0 Å². The van der Waals surface area contributed by atoms with E-state index < -0.39 is 0 Å². The number of halogens is 1. The van der Waals surface area contributed by atoms with Gasteiger partial charge in [0.1, 0.15) is 0 Å². The Labute approximate surface area is 27.1 Å². The average Bonchev–Trinajstić information content (AvgIpc) is 0.918. The van der Waals surface area contributed by atoms with Crippen LogP contribution in [0.5, 0.6) is 0 Å². The highest BCUT2D eigenvalue weighted by Gasteiger charge is 1.35. The summed E-state index contributed by atoms with van der Waals surface area (Å²) in [5.74, 6) is 0. The zero-order chi connectivity index (χ0) is 2.71. The highest BCUT2D eigenvalue weighted by molar-refractivity contribution is 5.75. The van der Waals surface area contributed by atoms with Crippen LogP contribution in [0.4, 0.5) is 4.53 Å². The maximum atomic E-state index is 9.35. The Kier molecular flexibility index (Phi) is 25.8. The molecule has 0 unspecified atom stereocenters. The number of hydrogen-bond acceptors (Lipinski definition) is 2. The normalized spacial score (nSPS) is 4.50. The van der Waals surface area contributed by atoms with Gasteiger partial charge in [0.15, 0.2) is 0 Å². The van der Waals surface area contributed by atoms with Crippen LogP contribution in [-0.4, -0.2) is 16.2 Å². The molecule has 0 fully saturated rings. The number of hydrogen-bond donors (Lipinski definition) is 1. The predicted octanol–water partition coefficient (Wildman–Crippen LogP) is -1.09. The van der Waals surface area contributed by atoms with Crippen molar-refractivity contribution in [2.75, 3.05) is 0 Å². The zero-order valence-electron chi connectivity index (χ0n) is 1.23. The van der Waals surface area contributed by atoms with Gasteiger partial charge >= 0.3 is 0 Å². The minimum atomic E-state index is 0. The van der Waals surface area contributed by atoms with E-state index in [4.69, 9.17) is 5.26 Å². The molecule has 0 aromatic carbocycles. The van der Waals surface area contributed by atoms with Gasteiger partial charge in [0, 0.05) is 0 Å². The van der Waals surface area contributed by atoms with Gasteiger partial charge in [-0.05, 0) is 20.6 Å². The van der Waals surface area contributed by atoms with Crippen molar-refractivity contribution >= 4 is 11.0 Å². The van der Waals surface area contributed by atoms with Gasteiger partial charge in [-0.15, -0.1) is 0 Å². The second kappa shape index (κ2) is 11.5. The van der Waals surface area contributed by atoms with Crippen LogP contribution >= 0.6 is 0 Å². The second-order valence-corrected chi connectivity index (χ2v) is 0.0690. The van der Waals surface area contributed by atoms with Crippen LogP contribution in [0.2, 0.25) is 0 Å². The smallest absolute Gasteiger partial charge is 0.0149 e. The summed E-state index contributed by atoms with van der Waals surface area (Å²) in [5, 5.41) is 8.15. The molecule has 0 aromatic rings. The highest BCUT2D eigenvalue weighted by atomic mass is 28.1. The standard InChI is InChI=1S/FHO2.H4Si/c1-3-2;/h2H;1H4. The molecular formula is H5FO2Si. The molecule has 0 heterocycles. The van der Waals surface area contributed by atoms with Crippen LogP contribution < -0.4 is 0 Å². The molecule has 4 heteroatoms. The Bertz CT molecular complexity index is 6.00. The fourth-order valence-electron chi connectivity index (χ4n) is 0. The Hall–Kier alpha value is 0.0669. The summed E-state index contributed by atoms with van der Waals surface area (Å²) in [6.45, 7) is 0. The molecule has 0 aliphatic carbocycles. The lowest BCUT2D eigenvalue weighted by Gasteiger charge is -1.49. The summed E-state index contributed by atoms with van der Waals surface area (Å²) in [6.07, 6.45) is 0. The summed E-state index contributed by atoms with van der Waals surface area (Å²) < 4.78 is 9.35. The first kappa shape index (κ1) is 8.95. The minimum absolute atomic E-state index is 0. The van der Waals surface area contributed by atoms with Crippen molar-refractivity contribution in [3.63, 3.8) is 0 Å². The van der Waals surface area contributed by atoms with Gasteiger partial charge in [-0.25, -0.2) is 5.26 Å². The molecule has 0 amide bonds. The van der Waals surface area contributed by atoms with E-state index in [0.717, 1.165) is 0 Å². The van der Waals surface area contributed by atoms with Crippen molar-refractivity contribution in [3.8, 4) is 0 Å². The Morgan fingerprint density at radius 1 is 1.75 bits per heavy atom. The second-order valence-electron chi connectivity index (χ2n) is 0.0690. The maximum Gasteiger partial charge on any atom is -0.0149 e. The molecule has 0 aromatic heterocycles. The van der Waals surface area contributed by atoms with Crippen LogP contribution in [0.1, 0.15) is 0 Å². The molecule has 0 saturated heterocycles. The first-order chi connectivity index (χ1) is 1.41. The Morgan fingerprint density at radius 3 is 1.75 bits per heavy atom. The lowest BCUT2D eigenvalue weighted by atomic mass is 14.9. The van der Waals surface area contributed by atoms with Crippen LogP contribution in [0.25, 0.3) is 0 Å². The third-order valence-electron chi connectivity index (χ3n) is 0. The van der Waals surface area contributed by atoms with E-state index in [-0.39, 0.29) is 11.0 Å². The van der Waals surface area contributed by atoms with E-state index >= 15 is 0 Å². The van der Waals surface area contributed by atoms with Crippen molar-refractivity contribution in [1.29, 1.82) is 0 Å². The summed E-state index contributed by atoms with van der Waals surface area (Å²) in [6, 6.07) is 0. The van der Waals surface area contributed by atoms with Crippen LogP contribution in [0, 0.1) is 0 Å². The van der Waals surface area contributed by atoms with Gasteiger partial charge < -0.3 is 0 Å². The zero-order valence-corrected chi connectivity index (χ0v) is 1.23. The van der Waals surface area contributed by atoms with Gasteiger partial charge in [-0.2, -0.15) is 0 Å². The van der Waals surface area contributed by atoms with Gasteiger partial charge in [-0.3, -0.25) is 0 Å².